The van der Waals surface area contributed by atoms with Gasteiger partial charge in [-0.2, -0.15) is 0 Å². The van der Waals surface area contributed by atoms with E-state index in [1.165, 1.54) is 17.0 Å². The predicted octanol–water partition coefficient (Wildman–Crippen LogP) is 5.23. The van der Waals surface area contributed by atoms with Gasteiger partial charge >= 0.3 is 0 Å². The Morgan fingerprint density at radius 2 is 1.59 bits per heavy atom. The SMILES string of the molecule is CC[C@@H](C(=O)NC(C)(C)C)N(Cc1ccc(OC)cc1)C(=O)CN(c1ccc(C)cc1C)S(=O)(=O)c1ccccc1. The quantitative estimate of drug-likeness (QED) is 0.336. The lowest BCUT2D eigenvalue weighted by Crippen LogP contribution is -2.55. The van der Waals surface area contributed by atoms with Crippen molar-refractivity contribution in [3.8, 4) is 5.75 Å². The number of carbonyl (C=O) groups is 2. The van der Waals surface area contributed by atoms with Gasteiger partial charge in [-0.05, 0) is 82.5 Å². The first-order valence-corrected chi connectivity index (χ1v) is 15.1. The number of carbonyl (C=O) groups excluding carboxylic acids is 2. The first kappa shape index (κ1) is 31.7. The van der Waals surface area contributed by atoms with Crippen molar-refractivity contribution >= 4 is 27.5 Å². The summed E-state index contributed by atoms with van der Waals surface area (Å²) < 4.78 is 34.4. The average molecular weight is 580 g/mol. The fourth-order valence-electron chi connectivity index (χ4n) is 4.62. The minimum Gasteiger partial charge on any atom is -0.497 e. The molecule has 1 N–H and O–H groups in total. The Hall–Kier alpha value is -3.85. The fourth-order valence-corrected chi connectivity index (χ4v) is 6.12. The van der Waals surface area contributed by atoms with Crippen LogP contribution in [-0.2, 0) is 26.2 Å². The molecular weight excluding hydrogens is 538 g/mol. The molecule has 3 rings (SSSR count). The van der Waals surface area contributed by atoms with Crippen LogP contribution in [0.15, 0.2) is 77.7 Å². The molecule has 0 aliphatic carbocycles. The van der Waals surface area contributed by atoms with E-state index in [9.17, 15) is 18.0 Å². The Kier molecular flexibility index (Phi) is 10.2. The molecule has 8 nitrogen and oxygen atoms in total. The van der Waals surface area contributed by atoms with Gasteiger partial charge in [-0.25, -0.2) is 8.42 Å². The largest absolute Gasteiger partial charge is 0.497 e. The van der Waals surface area contributed by atoms with E-state index in [1.807, 2.05) is 65.8 Å². The van der Waals surface area contributed by atoms with Crippen molar-refractivity contribution in [1.29, 1.82) is 0 Å². The van der Waals surface area contributed by atoms with Gasteiger partial charge in [0.2, 0.25) is 11.8 Å². The molecule has 0 aliphatic heterocycles. The molecule has 0 heterocycles. The summed E-state index contributed by atoms with van der Waals surface area (Å²) in [6, 6.07) is 19.9. The molecule has 3 aromatic carbocycles. The van der Waals surface area contributed by atoms with Crippen molar-refractivity contribution in [3.63, 3.8) is 0 Å². The second-order valence-corrected chi connectivity index (χ2v) is 13.0. The van der Waals surface area contributed by atoms with Crippen LogP contribution in [0, 0.1) is 13.8 Å². The van der Waals surface area contributed by atoms with Gasteiger partial charge in [-0.15, -0.1) is 0 Å². The zero-order valence-electron chi connectivity index (χ0n) is 25.0. The first-order valence-electron chi connectivity index (χ1n) is 13.7. The molecule has 220 valence electrons. The summed E-state index contributed by atoms with van der Waals surface area (Å²) in [7, 11) is -2.54. The highest BCUT2D eigenvalue weighted by Gasteiger charge is 2.35. The molecule has 0 fully saturated rings. The van der Waals surface area contributed by atoms with Crippen LogP contribution in [0.4, 0.5) is 5.69 Å². The molecule has 0 spiro atoms. The molecule has 2 amide bonds. The molecular formula is C32H41N3O5S. The molecule has 0 aliphatic rings. The number of hydrogen-bond donors (Lipinski definition) is 1. The summed E-state index contributed by atoms with van der Waals surface area (Å²) in [6.45, 7) is 10.9. The molecule has 0 saturated carbocycles. The maximum absolute atomic E-state index is 14.2. The number of methoxy groups -OCH3 is 1. The molecule has 41 heavy (non-hydrogen) atoms. The molecule has 0 aromatic heterocycles. The highest BCUT2D eigenvalue weighted by atomic mass is 32.2. The summed E-state index contributed by atoms with van der Waals surface area (Å²) in [5, 5.41) is 2.98. The van der Waals surface area contributed by atoms with Gasteiger partial charge in [0, 0.05) is 12.1 Å². The van der Waals surface area contributed by atoms with Crippen molar-refractivity contribution in [2.45, 2.75) is 71.0 Å². The average Bonchev–Trinajstić information content (AvgIpc) is 2.91. The van der Waals surface area contributed by atoms with E-state index in [-0.39, 0.29) is 17.3 Å². The Labute approximate surface area is 244 Å². The van der Waals surface area contributed by atoms with Crippen LogP contribution < -0.4 is 14.4 Å². The van der Waals surface area contributed by atoms with E-state index in [4.69, 9.17) is 4.74 Å². The third kappa shape index (κ3) is 8.10. The highest BCUT2D eigenvalue weighted by Crippen LogP contribution is 2.28. The van der Waals surface area contributed by atoms with E-state index in [0.717, 1.165) is 21.0 Å². The van der Waals surface area contributed by atoms with Crippen LogP contribution in [0.5, 0.6) is 5.75 Å². The number of hydrogen-bond acceptors (Lipinski definition) is 5. The minimum absolute atomic E-state index is 0.0759. The van der Waals surface area contributed by atoms with Gasteiger partial charge in [0.25, 0.3) is 10.0 Å². The standard InChI is InChI=1S/C32H41N3O5S/c1-8-28(31(37)33-32(4,5)6)34(21-25-15-17-26(40-7)18-16-25)30(36)22-35(29-19-14-23(2)20-24(29)3)41(38,39)27-12-10-9-11-13-27/h9-20,28H,8,21-22H2,1-7H3,(H,33,37)/t28-/m0/s1. The van der Waals surface area contributed by atoms with Gasteiger partial charge in [0.1, 0.15) is 18.3 Å². The number of nitrogens with one attached hydrogen (secondary N) is 1. The van der Waals surface area contributed by atoms with Crippen LogP contribution in [0.2, 0.25) is 0 Å². The van der Waals surface area contributed by atoms with Crippen molar-refractivity contribution < 1.29 is 22.7 Å². The third-order valence-corrected chi connectivity index (χ3v) is 8.40. The number of nitrogens with zero attached hydrogens (tertiary/aromatic N) is 2. The van der Waals surface area contributed by atoms with E-state index in [0.29, 0.717) is 17.9 Å². The molecule has 9 heteroatoms. The number of sulfonamides is 1. The number of aryl methyl sites for hydroxylation is 2. The number of amides is 2. The van der Waals surface area contributed by atoms with Gasteiger partial charge in [-0.1, -0.05) is 55.0 Å². The highest BCUT2D eigenvalue weighted by molar-refractivity contribution is 7.92. The zero-order chi connectivity index (χ0) is 30.4. The van der Waals surface area contributed by atoms with E-state index in [1.54, 1.807) is 43.5 Å². The summed E-state index contributed by atoms with van der Waals surface area (Å²) in [5.41, 5.74) is 2.37. The molecule has 0 saturated heterocycles. The van der Waals surface area contributed by atoms with E-state index in [2.05, 4.69) is 5.32 Å². The Bertz CT molecular complexity index is 1450. The van der Waals surface area contributed by atoms with Crippen LogP contribution in [0.25, 0.3) is 0 Å². The lowest BCUT2D eigenvalue weighted by atomic mass is 10.1. The lowest BCUT2D eigenvalue weighted by molar-refractivity contribution is -0.141. The van der Waals surface area contributed by atoms with Crippen molar-refractivity contribution in [2.24, 2.45) is 0 Å². The van der Waals surface area contributed by atoms with E-state index < -0.39 is 34.1 Å². The number of ether oxygens (including phenoxy) is 1. The van der Waals surface area contributed by atoms with Crippen LogP contribution >= 0.6 is 0 Å². The fraction of sp³-hybridized carbons (Fsp3) is 0.375. The maximum atomic E-state index is 14.2. The van der Waals surface area contributed by atoms with Gasteiger partial charge in [-0.3, -0.25) is 13.9 Å². The minimum atomic E-state index is -4.11. The Morgan fingerprint density at radius 1 is 0.951 bits per heavy atom. The van der Waals surface area contributed by atoms with E-state index >= 15 is 0 Å². The van der Waals surface area contributed by atoms with Gasteiger partial charge < -0.3 is 15.0 Å². The molecule has 0 unspecified atom stereocenters. The summed E-state index contributed by atoms with van der Waals surface area (Å²) in [4.78, 5) is 29.2. The number of anilines is 1. The zero-order valence-corrected chi connectivity index (χ0v) is 25.8. The number of rotatable bonds is 11. The Morgan fingerprint density at radius 3 is 2.12 bits per heavy atom. The van der Waals surface area contributed by atoms with Gasteiger partial charge in [0.15, 0.2) is 0 Å². The molecule has 0 bridgehead atoms. The monoisotopic (exact) mass is 579 g/mol. The normalized spacial score (nSPS) is 12.4. The summed E-state index contributed by atoms with van der Waals surface area (Å²) >= 11 is 0. The first-order chi connectivity index (χ1) is 19.3. The summed E-state index contributed by atoms with van der Waals surface area (Å²) in [6.07, 6.45) is 0.346. The summed E-state index contributed by atoms with van der Waals surface area (Å²) in [5.74, 6) is -0.124. The van der Waals surface area contributed by atoms with Crippen LogP contribution in [0.1, 0.15) is 50.8 Å². The smallest absolute Gasteiger partial charge is 0.264 e. The molecule has 1 atom stereocenters. The third-order valence-electron chi connectivity index (χ3n) is 6.63. The van der Waals surface area contributed by atoms with Crippen LogP contribution in [-0.4, -0.2) is 50.4 Å². The predicted molar refractivity (Wildman–Crippen MR) is 162 cm³/mol. The van der Waals surface area contributed by atoms with Crippen molar-refractivity contribution in [2.75, 3.05) is 18.0 Å². The maximum Gasteiger partial charge on any atom is 0.264 e. The van der Waals surface area contributed by atoms with Crippen molar-refractivity contribution in [1.82, 2.24) is 10.2 Å². The van der Waals surface area contributed by atoms with Gasteiger partial charge in [0.05, 0.1) is 17.7 Å². The second-order valence-electron chi connectivity index (χ2n) is 11.1. The van der Waals surface area contributed by atoms with Crippen molar-refractivity contribution in [3.05, 3.63) is 89.5 Å². The van der Waals surface area contributed by atoms with Crippen LogP contribution in [0.3, 0.4) is 0 Å². The number of benzene rings is 3. The lowest BCUT2D eigenvalue weighted by Gasteiger charge is -2.35. The second kappa shape index (κ2) is 13.2. The topological polar surface area (TPSA) is 96.0 Å². The Balaban J connectivity index is 2.09. The molecule has 0 radical (unpaired) electrons. The molecule has 3 aromatic rings.